The molecule has 2 atom stereocenters. The first kappa shape index (κ1) is 18.5. The highest BCUT2D eigenvalue weighted by Crippen LogP contribution is 2.25. The summed E-state index contributed by atoms with van der Waals surface area (Å²) in [6.07, 6.45) is -1.03. The number of hydrogen-bond acceptors (Lipinski definition) is 4. The van der Waals surface area contributed by atoms with E-state index in [0.29, 0.717) is 16.9 Å². The summed E-state index contributed by atoms with van der Waals surface area (Å²) in [6, 6.07) is 24.5. The molecule has 0 aliphatic carbocycles. The highest BCUT2D eigenvalue weighted by molar-refractivity contribution is 9.10. The van der Waals surface area contributed by atoms with Crippen LogP contribution in [0.1, 0.15) is 22.0 Å². The predicted octanol–water partition coefficient (Wildman–Crippen LogP) is 5.05. The van der Waals surface area contributed by atoms with E-state index < -0.39 is 17.5 Å². The number of carbonyl (C=O) groups excluding carboxylic acids is 1. The van der Waals surface area contributed by atoms with Gasteiger partial charge in [-0.05, 0) is 29.8 Å². The van der Waals surface area contributed by atoms with Crippen LogP contribution in [0.15, 0.2) is 89.4 Å². The Hall–Kier alpha value is -2.28. The lowest BCUT2D eigenvalue weighted by Gasteiger charge is -2.16. The van der Waals surface area contributed by atoms with E-state index in [4.69, 9.17) is 8.37 Å². The van der Waals surface area contributed by atoms with Crippen LogP contribution in [0.25, 0.3) is 0 Å². The molecule has 0 fully saturated rings. The molecule has 0 spiro atoms. The van der Waals surface area contributed by atoms with Gasteiger partial charge in [-0.1, -0.05) is 76.6 Å². The van der Waals surface area contributed by atoms with Crippen LogP contribution in [0.4, 0.5) is 0 Å². The lowest BCUT2D eigenvalue weighted by Crippen LogP contribution is -2.19. The number of Topliss-reactive ketones (excluding diaryl/α,β-unsaturated/α-hetero) is 1. The van der Waals surface area contributed by atoms with Gasteiger partial charge in [0.2, 0.25) is 0 Å². The van der Waals surface area contributed by atoms with Crippen molar-refractivity contribution in [2.75, 3.05) is 0 Å². The summed E-state index contributed by atoms with van der Waals surface area (Å²) < 4.78 is 24.0. The minimum atomic E-state index is -2.14. The molecule has 0 amide bonds. The summed E-state index contributed by atoms with van der Waals surface area (Å²) in [5.41, 5.74) is 1.08. The van der Waals surface area contributed by atoms with Crippen molar-refractivity contribution in [3.05, 3.63) is 101 Å². The Morgan fingerprint density at radius 3 is 2.04 bits per heavy atom. The van der Waals surface area contributed by atoms with Gasteiger partial charge in [-0.15, -0.1) is 0 Å². The summed E-state index contributed by atoms with van der Waals surface area (Å²) in [5.74, 6) is 0.0926. The molecule has 3 aromatic rings. The molecule has 0 aliphatic rings. The minimum absolute atomic E-state index is 0.287. The maximum absolute atomic E-state index is 12.9. The molecule has 0 aliphatic heterocycles. The van der Waals surface area contributed by atoms with Gasteiger partial charge in [0.25, 0.3) is 0 Å². The molecule has 132 valence electrons. The van der Waals surface area contributed by atoms with Crippen molar-refractivity contribution in [2.45, 2.75) is 6.10 Å². The van der Waals surface area contributed by atoms with Crippen molar-refractivity contribution in [1.29, 1.82) is 0 Å². The lowest BCUT2D eigenvalue weighted by molar-refractivity contribution is 0.0800. The molecule has 0 saturated carbocycles. The molecule has 0 bridgehead atoms. The summed E-state index contributed by atoms with van der Waals surface area (Å²) in [4.78, 5) is 12.9. The van der Waals surface area contributed by atoms with Gasteiger partial charge >= 0.3 is 11.4 Å². The molecule has 0 aromatic heterocycles. The van der Waals surface area contributed by atoms with E-state index >= 15 is 0 Å². The molecular weight excluding hydrogens is 416 g/mol. The van der Waals surface area contributed by atoms with E-state index in [2.05, 4.69) is 15.9 Å². The quantitative estimate of drug-likeness (QED) is 0.492. The number of ketones is 1. The fraction of sp³-hybridized carbons (Fsp3) is 0.0500. The SMILES string of the molecule is O=C(c1ccccc1)C(OS(=O)Oc1ccc(Br)cc1)c1ccccc1. The van der Waals surface area contributed by atoms with Crippen LogP contribution < -0.4 is 4.18 Å². The lowest BCUT2D eigenvalue weighted by atomic mass is 10.0. The first-order chi connectivity index (χ1) is 12.6. The van der Waals surface area contributed by atoms with Gasteiger partial charge in [0, 0.05) is 10.0 Å². The molecule has 3 aromatic carbocycles. The third-order valence-electron chi connectivity index (χ3n) is 3.55. The Balaban J connectivity index is 1.80. The maximum Gasteiger partial charge on any atom is 0.361 e. The molecule has 2 unspecified atom stereocenters. The molecule has 0 heterocycles. The average Bonchev–Trinajstić information content (AvgIpc) is 2.69. The van der Waals surface area contributed by atoms with Crippen LogP contribution in [-0.2, 0) is 15.5 Å². The Morgan fingerprint density at radius 1 is 0.846 bits per heavy atom. The van der Waals surface area contributed by atoms with E-state index in [1.165, 1.54) is 0 Å². The van der Waals surface area contributed by atoms with E-state index in [0.717, 1.165) is 4.47 Å². The standard InChI is InChI=1S/C20H15BrO4S/c21-17-11-13-18(14-12-17)24-26(23)25-20(16-9-5-2-6-10-16)19(22)15-7-3-1-4-8-15/h1-14,20H. The second-order valence-electron chi connectivity index (χ2n) is 5.36. The van der Waals surface area contributed by atoms with Crippen LogP contribution in [0.2, 0.25) is 0 Å². The molecule has 0 saturated heterocycles. The van der Waals surface area contributed by atoms with Gasteiger partial charge in [0.05, 0.1) is 0 Å². The van der Waals surface area contributed by atoms with E-state index in [-0.39, 0.29) is 5.78 Å². The van der Waals surface area contributed by atoms with Crippen molar-refractivity contribution in [3.8, 4) is 5.75 Å². The topological polar surface area (TPSA) is 52.6 Å². The average molecular weight is 431 g/mol. The van der Waals surface area contributed by atoms with E-state index in [1.807, 2.05) is 12.1 Å². The van der Waals surface area contributed by atoms with Crippen LogP contribution in [0.5, 0.6) is 5.75 Å². The smallest absolute Gasteiger partial charge is 0.361 e. The van der Waals surface area contributed by atoms with Crippen molar-refractivity contribution >= 4 is 33.1 Å². The van der Waals surface area contributed by atoms with Crippen molar-refractivity contribution in [2.24, 2.45) is 0 Å². The van der Waals surface area contributed by atoms with Crippen LogP contribution in [-0.4, -0.2) is 9.99 Å². The summed E-state index contributed by atoms with van der Waals surface area (Å²) in [6.45, 7) is 0. The highest BCUT2D eigenvalue weighted by Gasteiger charge is 2.26. The largest absolute Gasteiger partial charge is 0.380 e. The number of rotatable bonds is 7. The number of carbonyl (C=O) groups is 1. The van der Waals surface area contributed by atoms with E-state index in [1.54, 1.807) is 72.8 Å². The number of halogens is 1. The monoisotopic (exact) mass is 430 g/mol. The Bertz CT molecular complexity index is 883. The van der Waals surface area contributed by atoms with Crippen molar-refractivity contribution in [3.63, 3.8) is 0 Å². The third kappa shape index (κ3) is 4.88. The van der Waals surface area contributed by atoms with Gasteiger partial charge in [-0.2, -0.15) is 4.21 Å². The first-order valence-electron chi connectivity index (χ1n) is 7.80. The predicted molar refractivity (Wildman–Crippen MR) is 104 cm³/mol. The second-order valence-corrected chi connectivity index (χ2v) is 7.04. The van der Waals surface area contributed by atoms with Gasteiger partial charge in [0.15, 0.2) is 11.9 Å². The molecule has 0 N–H and O–H groups in total. The van der Waals surface area contributed by atoms with Crippen molar-refractivity contribution < 1.29 is 17.4 Å². The zero-order valence-corrected chi connectivity index (χ0v) is 16.0. The van der Waals surface area contributed by atoms with Gasteiger partial charge in [0.1, 0.15) is 5.75 Å². The summed E-state index contributed by atoms with van der Waals surface area (Å²) >= 11 is 1.18. The summed E-state index contributed by atoms with van der Waals surface area (Å²) in [5, 5.41) is 0. The van der Waals surface area contributed by atoms with E-state index in [9.17, 15) is 9.00 Å². The van der Waals surface area contributed by atoms with Gasteiger partial charge < -0.3 is 4.18 Å². The Labute approximate surface area is 162 Å². The van der Waals surface area contributed by atoms with Crippen LogP contribution >= 0.6 is 15.9 Å². The molecule has 26 heavy (non-hydrogen) atoms. The normalized spacial score (nSPS) is 13.0. The van der Waals surface area contributed by atoms with Gasteiger partial charge in [-0.25, -0.2) is 4.18 Å². The Kier molecular flexibility index (Phi) is 6.33. The van der Waals surface area contributed by atoms with Crippen molar-refractivity contribution in [1.82, 2.24) is 0 Å². The second kappa shape index (κ2) is 8.89. The fourth-order valence-corrected chi connectivity index (χ4v) is 3.23. The fourth-order valence-electron chi connectivity index (χ4n) is 2.30. The van der Waals surface area contributed by atoms with Crippen LogP contribution in [0, 0.1) is 0 Å². The maximum atomic E-state index is 12.9. The zero-order chi connectivity index (χ0) is 18.4. The molecule has 0 radical (unpaired) electrons. The highest BCUT2D eigenvalue weighted by atomic mass is 79.9. The van der Waals surface area contributed by atoms with Gasteiger partial charge in [-0.3, -0.25) is 4.79 Å². The number of benzene rings is 3. The molecular formula is C20H15BrO4S. The zero-order valence-electron chi connectivity index (χ0n) is 13.6. The molecule has 3 rings (SSSR count). The van der Waals surface area contributed by atoms with Crippen LogP contribution in [0.3, 0.4) is 0 Å². The molecule has 6 heteroatoms. The third-order valence-corrected chi connectivity index (χ3v) is 4.76. The summed E-state index contributed by atoms with van der Waals surface area (Å²) in [7, 11) is 0. The number of hydrogen-bond donors (Lipinski definition) is 0. The minimum Gasteiger partial charge on any atom is -0.380 e. The Morgan fingerprint density at radius 2 is 1.42 bits per heavy atom. The molecule has 4 nitrogen and oxygen atoms in total. The first-order valence-corrected chi connectivity index (χ1v) is 9.60.